The molecule has 0 saturated carbocycles. The van der Waals surface area contributed by atoms with E-state index in [9.17, 15) is 18.0 Å². The summed E-state index contributed by atoms with van der Waals surface area (Å²) in [5.41, 5.74) is -0.175. The molecular formula is C8H5F3O. The summed E-state index contributed by atoms with van der Waals surface area (Å²) in [6.07, 6.45) is 0. The molecule has 1 nitrogen and oxygen atoms in total. The highest BCUT2D eigenvalue weighted by atomic mass is 19.2. The molecule has 4 heteroatoms. The first-order valence-corrected chi connectivity index (χ1v) is 3.18. The third-order valence-electron chi connectivity index (χ3n) is 1.39. The Morgan fingerprint density at radius 3 is 1.92 bits per heavy atom. The summed E-state index contributed by atoms with van der Waals surface area (Å²) in [5, 5.41) is 0. The molecule has 0 radical (unpaired) electrons. The summed E-state index contributed by atoms with van der Waals surface area (Å²) in [6.45, 7) is 1.14. The van der Waals surface area contributed by atoms with Crippen LogP contribution in [0.1, 0.15) is 17.3 Å². The van der Waals surface area contributed by atoms with Gasteiger partial charge in [-0.3, -0.25) is 4.79 Å². The molecule has 0 saturated heterocycles. The van der Waals surface area contributed by atoms with Gasteiger partial charge in [-0.1, -0.05) is 0 Å². The summed E-state index contributed by atoms with van der Waals surface area (Å²) >= 11 is 0. The molecule has 0 bridgehead atoms. The zero-order valence-corrected chi connectivity index (χ0v) is 6.20. The molecule has 0 aliphatic rings. The molecule has 1 aromatic carbocycles. The fourth-order valence-corrected chi connectivity index (χ4v) is 0.759. The summed E-state index contributed by atoms with van der Waals surface area (Å²) in [5.74, 6) is -4.76. The van der Waals surface area contributed by atoms with Gasteiger partial charge in [-0.15, -0.1) is 0 Å². The van der Waals surface area contributed by atoms with E-state index in [0.717, 1.165) is 6.92 Å². The topological polar surface area (TPSA) is 17.1 Å². The first-order chi connectivity index (χ1) is 5.52. The molecule has 0 aromatic heterocycles. The molecule has 0 aliphatic heterocycles. The van der Waals surface area contributed by atoms with Gasteiger partial charge in [0, 0.05) is 5.56 Å². The molecule has 0 aliphatic carbocycles. The Kier molecular flexibility index (Phi) is 2.17. The Morgan fingerprint density at radius 2 is 1.58 bits per heavy atom. The standard InChI is InChI=1S/C8H5F3O/c1-4(12)5-2-6(9)8(11)7(10)3-5/h2-3H,1H3. The van der Waals surface area contributed by atoms with Gasteiger partial charge in [-0.25, -0.2) is 13.2 Å². The van der Waals surface area contributed by atoms with Gasteiger partial charge in [0.25, 0.3) is 0 Å². The fraction of sp³-hybridized carbons (Fsp3) is 0.125. The van der Waals surface area contributed by atoms with Crippen LogP contribution in [0.4, 0.5) is 13.2 Å². The van der Waals surface area contributed by atoms with Crippen LogP contribution in [0.2, 0.25) is 0 Å². The average molecular weight is 174 g/mol. The van der Waals surface area contributed by atoms with E-state index in [4.69, 9.17) is 0 Å². The van der Waals surface area contributed by atoms with Crippen molar-refractivity contribution >= 4 is 5.78 Å². The maximum atomic E-state index is 12.4. The average Bonchev–Trinajstić information content (AvgIpc) is 1.99. The van der Waals surface area contributed by atoms with Gasteiger partial charge >= 0.3 is 0 Å². The van der Waals surface area contributed by atoms with Crippen LogP contribution in [0.25, 0.3) is 0 Å². The normalized spacial score (nSPS) is 10.0. The maximum Gasteiger partial charge on any atom is 0.194 e. The third-order valence-corrected chi connectivity index (χ3v) is 1.39. The second kappa shape index (κ2) is 2.97. The number of ketones is 1. The lowest BCUT2D eigenvalue weighted by atomic mass is 10.1. The van der Waals surface area contributed by atoms with E-state index >= 15 is 0 Å². The lowest BCUT2D eigenvalue weighted by molar-refractivity contribution is 0.101. The minimum atomic E-state index is -1.56. The van der Waals surface area contributed by atoms with Crippen LogP contribution in [0.3, 0.4) is 0 Å². The number of Topliss-reactive ketones (excluding diaryl/α,β-unsaturated/α-hetero) is 1. The van der Waals surface area contributed by atoms with Crippen LogP contribution < -0.4 is 0 Å². The van der Waals surface area contributed by atoms with Gasteiger partial charge in [0.05, 0.1) is 0 Å². The third kappa shape index (κ3) is 1.47. The van der Waals surface area contributed by atoms with Crippen molar-refractivity contribution in [3.8, 4) is 0 Å². The molecule has 0 spiro atoms. The highest BCUT2D eigenvalue weighted by molar-refractivity contribution is 5.94. The van der Waals surface area contributed by atoms with Gasteiger partial charge < -0.3 is 0 Å². The van der Waals surface area contributed by atoms with Crippen molar-refractivity contribution in [1.82, 2.24) is 0 Å². The number of benzene rings is 1. The Morgan fingerprint density at radius 1 is 1.17 bits per heavy atom. The van der Waals surface area contributed by atoms with Gasteiger partial charge in [0.15, 0.2) is 23.2 Å². The molecule has 0 atom stereocenters. The van der Waals surface area contributed by atoms with Crippen molar-refractivity contribution < 1.29 is 18.0 Å². The molecule has 12 heavy (non-hydrogen) atoms. The number of hydrogen-bond donors (Lipinski definition) is 0. The zero-order valence-electron chi connectivity index (χ0n) is 6.20. The van der Waals surface area contributed by atoms with Gasteiger partial charge in [-0.05, 0) is 19.1 Å². The van der Waals surface area contributed by atoms with Crippen molar-refractivity contribution in [3.63, 3.8) is 0 Å². The van der Waals surface area contributed by atoms with E-state index < -0.39 is 23.2 Å². The highest BCUT2D eigenvalue weighted by Gasteiger charge is 2.11. The Bertz CT molecular complexity index is 310. The van der Waals surface area contributed by atoms with E-state index in [2.05, 4.69) is 0 Å². The quantitative estimate of drug-likeness (QED) is 0.471. The zero-order chi connectivity index (χ0) is 9.30. The van der Waals surface area contributed by atoms with Gasteiger partial charge in [-0.2, -0.15) is 0 Å². The van der Waals surface area contributed by atoms with E-state index in [1.165, 1.54) is 0 Å². The van der Waals surface area contributed by atoms with Crippen LogP contribution in [0.15, 0.2) is 12.1 Å². The summed E-state index contributed by atoms with van der Waals surface area (Å²) in [6, 6.07) is 1.33. The lowest BCUT2D eigenvalue weighted by Gasteiger charge is -1.97. The highest BCUT2D eigenvalue weighted by Crippen LogP contribution is 2.13. The van der Waals surface area contributed by atoms with Crippen molar-refractivity contribution in [2.24, 2.45) is 0 Å². The molecule has 1 aromatic rings. The predicted molar refractivity (Wildman–Crippen MR) is 36.3 cm³/mol. The molecular weight excluding hydrogens is 169 g/mol. The van der Waals surface area contributed by atoms with Crippen LogP contribution in [0.5, 0.6) is 0 Å². The molecule has 0 N–H and O–H groups in total. The first kappa shape index (κ1) is 8.77. The Labute approximate surface area is 66.8 Å². The number of rotatable bonds is 1. The predicted octanol–water partition coefficient (Wildman–Crippen LogP) is 2.31. The van der Waals surface area contributed by atoms with Crippen molar-refractivity contribution in [2.75, 3.05) is 0 Å². The largest absolute Gasteiger partial charge is 0.295 e. The Hall–Kier alpha value is -1.32. The molecule has 0 heterocycles. The fourth-order valence-electron chi connectivity index (χ4n) is 0.759. The van der Waals surface area contributed by atoms with E-state index in [1.807, 2.05) is 0 Å². The minimum Gasteiger partial charge on any atom is -0.295 e. The van der Waals surface area contributed by atoms with E-state index in [0.29, 0.717) is 12.1 Å². The smallest absolute Gasteiger partial charge is 0.194 e. The van der Waals surface area contributed by atoms with Crippen molar-refractivity contribution in [2.45, 2.75) is 6.92 Å². The van der Waals surface area contributed by atoms with Gasteiger partial charge in [0.2, 0.25) is 0 Å². The molecule has 0 unspecified atom stereocenters. The van der Waals surface area contributed by atoms with E-state index in [-0.39, 0.29) is 5.56 Å². The van der Waals surface area contributed by atoms with Crippen LogP contribution in [-0.2, 0) is 0 Å². The summed E-state index contributed by atoms with van der Waals surface area (Å²) in [4.78, 5) is 10.6. The SMILES string of the molecule is CC(=O)c1cc(F)c(F)c(F)c1. The molecule has 0 fully saturated rings. The minimum absolute atomic E-state index is 0.175. The Balaban J connectivity index is 3.31. The van der Waals surface area contributed by atoms with Crippen LogP contribution in [-0.4, -0.2) is 5.78 Å². The van der Waals surface area contributed by atoms with Crippen molar-refractivity contribution in [1.29, 1.82) is 0 Å². The van der Waals surface area contributed by atoms with Crippen LogP contribution >= 0.6 is 0 Å². The maximum absolute atomic E-state index is 12.4. The summed E-state index contributed by atoms with van der Waals surface area (Å²) < 4.78 is 37.2. The van der Waals surface area contributed by atoms with Gasteiger partial charge in [0.1, 0.15) is 0 Å². The number of halogens is 3. The lowest BCUT2D eigenvalue weighted by Crippen LogP contribution is -1.98. The number of carbonyl (C=O) groups is 1. The van der Waals surface area contributed by atoms with Crippen molar-refractivity contribution in [3.05, 3.63) is 35.1 Å². The first-order valence-electron chi connectivity index (χ1n) is 3.18. The molecule has 1 rings (SSSR count). The monoisotopic (exact) mass is 174 g/mol. The second-order valence-corrected chi connectivity index (χ2v) is 2.31. The molecule has 64 valence electrons. The second-order valence-electron chi connectivity index (χ2n) is 2.31. The molecule has 0 amide bonds. The van der Waals surface area contributed by atoms with Crippen LogP contribution in [0, 0.1) is 17.5 Å². The number of hydrogen-bond acceptors (Lipinski definition) is 1. The number of carbonyl (C=O) groups excluding carboxylic acids is 1. The van der Waals surface area contributed by atoms with E-state index in [1.54, 1.807) is 0 Å². The summed E-state index contributed by atoms with van der Waals surface area (Å²) in [7, 11) is 0.